The number of amides is 1. The summed E-state index contributed by atoms with van der Waals surface area (Å²) in [6, 6.07) is 6.78. The van der Waals surface area contributed by atoms with E-state index in [9.17, 15) is 9.59 Å². The van der Waals surface area contributed by atoms with Gasteiger partial charge in [0.25, 0.3) is 5.91 Å². The third-order valence-corrected chi connectivity index (χ3v) is 5.76. The zero-order chi connectivity index (χ0) is 18.7. The molecule has 3 rings (SSSR count). The SMILES string of the molecule is COC(=O)c1c(NC(=O)COc2ccc(Cl)cc2)sc2c1CCC(C)C2. The molecule has 138 valence electrons. The summed E-state index contributed by atoms with van der Waals surface area (Å²) in [6.45, 7) is 2.04. The molecule has 1 aliphatic rings. The topological polar surface area (TPSA) is 64.6 Å². The molecule has 0 fully saturated rings. The summed E-state index contributed by atoms with van der Waals surface area (Å²) in [5.74, 6) is 0.392. The molecule has 1 N–H and O–H groups in total. The quantitative estimate of drug-likeness (QED) is 0.768. The normalized spacial score (nSPS) is 15.9. The van der Waals surface area contributed by atoms with Gasteiger partial charge < -0.3 is 14.8 Å². The van der Waals surface area contributed by atoms with Crippen LogP contribution >= 0.6 is 22.9 Å². The molecule has 0 saturated heterocycles. The van der Waals surface area contributed by atoms with Gasteiger partial charge in [-0.05, 0) is 55.0 Å². The van der Waals surface area contributed by atoms with Gasteiger partial charge in [0.2, 0.25) is 0 Å². The van der Waals surface area contributed by atoms with E-state index in [1.54, 1.807) is 24.3 Å². The molecule has 26 heavy (non-hydrogen) atoms. The fourth-order valence-electron chi connectivity index (χ4n) is 3.00. The van der Waals surface area contributed by atoms with Crippen LogP contribution in [0.2, 0.25) is 5.02 Å². The first kappa shape index (κ1) is 18.7. The first-order chi connectivity index (χ1) is 12.5. The van der Waals surface area contributed by atoms with Crippen molar-refractivity contribution in [2.24, 2.45) is 5.92 Å². The number of ether oxygens (including phenoxy) is 2. The summed E-state index contributed by atoms with van der Waals surface area (Å²) in [5.41, 5.74) is 1.49. The number of rotatable bonds is 5. The Balaban J connectivity index is 1.73. The van der Waals surface area contributed by atoms with Crippen molar-refractivity contribution in [1.82, 2.24) is 0 Å². The van der Waals surface area contributed by atoms with Gasteiger partial charge >= 0.3 is 5.97 Å². The van der Waals surface area contributed by atoms with Crippen molar-refractivity contribution in [2.45, 2.75) is 26.2 Å². The number of carbonyl (C=O) groups excluding carboxylic acids is 2. The molecule has 1 aromatic carbocycles. The standard InChI is InChI=1S/C19H20ClNO4S/c1-11-3-8-14-15(9-11)26-18(17(14)19(23)24-2)21-16(22)10-25-13-6-4-12(20)5-7-13/h4-7,11H,3,8-10H2,1-2H3,(H,21,22). The third kappa shape index (κ3) is 4.19. The number of thiophene rings is 1. The molecule has 5 nitrogen and oxygen atoms in total. The van der Waals surface area contributed by atoms with E-state index < -0.39 is 5.97 Å². The number of anilines is 1. The van der Waals surface area contributed by atoms with E-state index in [2.05, 4.69) is 12.2 Å². The Morgan fingerprint density at radius 1 is 1.31 bits per heavy atom. The largest absolute Gasteiger partial charge is 0.484 e. The lowest BCUT2D eigenvalue weighted by Gasteiger charge is -2.18. The average Bonchev–Trinajstić information content (AvgIpc) is 2.97. The lowest BCUT2D eigenvalue weighted by molar-refractivity contribution is -0.118. The lowest BCUT2D eigenvalue weighted by atomic mass is 9.88. The minimum Gasteiger partial charge on any atom is -0.484 e. The Labute approximate surface area is 161 Å². The highest BCUT2D eigenvalue weighted by atomic mass is 35.5. The van der Waals surface area contributed by atoms with E-state index in [1.807, 2.05) is 0 Å². The first-order valence-corrected chi connectivity index (χ1v) is 9.58. The van der Waals surface area contributed by atoms with Crippen LogP contribution in [0.1, 0.15) is 34.1 Å². The van der Waals surface area contributed by atoms with E-state index in [0.717, 1.165) is 29.7 Å². The van der Waals surface area contributed by atoms with Gasteiger partial charge in [-0.25, -0.2) is 4.79 Å². The van der Waals surface area contributed by atoms with Crippen LogP contribution in [0.15, 0.2) is 24.3 Å². The second-order valence-corrected chi connectivity index (χ2v) is 7.88. The van der Waals surface area contributed by atoms with Gasteiger partial charge in [0, 0.05) is 9.90 Å². The minimum absolute atomic E-state index is 0.152. The molecular weight excluding hydrogens is 374 g/mol. The van der Waals surface area contributed by atoms with Gasteiger partial charge in [-0.1, -0.05) is 18.5 Å². The van der Waals surface area contributed by atoms with Crippen molar-refractivity contribution >= 4 is 39.8 Å². The molecule has 1 amide bonds. The molecule has 1 aliphatic carbocycles. The van der Waals surface area contributed by atoms with Crippen molar-refractivity contribution in [3.05, 3.63) is 45.3 Å². The van der Waals surface area contributed by atoms with E-state index in [0.29, 0.717) is 27.3 Å². The number of hydrogen-bond donors (Lipinski definition) is 1. The molecule has 0 spiro atoms. The first-order valence-electron chi connectivity index (χ1n) is 8.39. The molecule has 0 aliphatic heterocycles. The van der Waals surface area contributed by atoms with Crippen LogP contribution < -0.4 is 10.1 Å². The van der Waals surface area contributed by atoms with Crippen molar-refractivity contribution in [1.29, 1.82) is 0 Å². The maximum atomic E-state index is 12.3. The van der Waals surface area contributed by atoms with Gasteiger partial charge in [0.1, 0.15) is 10.8 Å². The highest BCUT2D eigenvalue weighted by molar-refractivity contribution is 7.17. The second-order valence-electron chi connectivity index (χ2n) is 6.34. The number of esters is 1. The number of benzene rings is 1. The van der Waals surface area contributed by atoms with Crippen molar-refractivity contribution in [2.75, 3.05) is 19.0 Å². The van der Waals surface area contributed by atoms with Crippen LogP contribution in [0.25, 0.3) is 0 Å². The Morgan fingerprint density at radius 3 is 2.73 bits per heavy atom. The number of carbonyl (C=O) groups is 2. The number of fused-ring (bicyclic) bond motifs is 1. The highest BCUT2D eigenvalue weighted by Crippen LogP contribution is 2.40. The van der Waals surface area contributed by atoms with Crippen LogP contribution in [0, 0.1) is 5.92 Å². The summed E-state index contributed by atoms with van der Waals surface area (Å²) in [5, 5.41) is 3.95. The van der Waals surface area contributed by atoms with Crippen molar-refractivity contribution in [3.8, 4) is 5.75 Å². The van der Waals surface area contributed by atoms with Crippen LogP contribution in [0.3, 0.4) is 0 Å². The molecule has 1 aromatic heterocycles. The van der Waals surface area contributed by atoms with E-state index in [-0.39, 0.29) is 12.5 Å². The number of hydrogen-bond acceptors (Lipinski definition) is 5. The molecule has 0 bridgehead atoms. The Morgan fingerprint density at radius 2 is 2.04 bits per heavy atom. The fraction of sp³-hybridized carbons (Fsp3) is 0.368. The molecular formula is C19H20ClNO4S. The van der Waals surface area contributed by atoms with Crippen LogP contribution in [-0.4, -0.2) is 25.6 Å². The van der Waals surface area contributed by atoms with Gasteiger partial charge in [-0.15, -0.1) is 11.3 Å². The Hall–Kier alpha value is -2.05. The second kappa shape index (κ2) is 8.10. The number of nitrogens with one attached hydrogen (secondary N) is 1. The predicted molar refractivity (Wildman–Crippen MR) is 102 cm³/mol. The van der Waals surface area contributed by atoms with Gasteiger partial charge in [-0.2, -0.15) is 0 Å². The van der Waals surface area contributed by atoms with Gasteiger partial charge in [0.05, 0.1) is 12.7 Å². The maximum Gasteiger partial charge on any atom is 0.341 e. The molecule has 0 radical (unpaired) electrons. The zero-order valence-electron chi connectivity index (χ0n) is 14.6. The van der Waals surface area contributed by atoms with Crippen molar-refractivity contribution < 1.29 is 19.1 Å². The van der Waals surface area contributed by atoms with E-state index >= 15 is 0 Å². The Bertz CT molecular complexity index is 816. The summed E-state index contributed by atoms with van der Waals surface area (Å²) in [7, 11) is 1.35. The smallest absolute Gasteiger partial charge is 0.341 e. The number of methoxy groups -OCH3 is 1. The molecule has 1 heterocycles. The monoisotopic (exact) mass is 393 g/mol. The molecule has 1 unspecified atom stereocenters. The van der Waals surface area contributed by atoms with Crippen LogP contribution in [0.4, 0.5) is 5.00 Å². The summed E-state index contributed by atoms with van der Waals surface area (Å²) in [6.07, 6.45) is 2.77. The maximum absolute atomic E-state index is 12.3. The van der Waals surface area contributed by atoms with Gasteiger partial charge in [-0.3, -0.25) is 4.79 Å². The van der Waals surface area contributed by atoms with Crippen LogP contribution in [0.5, 0.6) is 5.75 Å². The fourth-order valence-corrected chi connectivity index (χ4v) is 4.54. The van der Waals surface area contributed by atoms with E-state index in [1.165, 1.54) is 18.4 Å². The summed E-state index contributed by atoms with van der Waals surface area (Å²) in [4.78, 5) is 25.7. The van der Waals surface area contributed by atoms with Crippen LogP contribution in [-0.2, 0) is 22.4 Å². The lowest BCUT2D eigenvalue weighted by Crippen LogP contribution is -2.21. The minimum atomic E-state index is -0.411. The van der Waals surface area contributed by atoms with Crippen molar-refractivity contribution in [3.63, 3.8) is 0 Å². The Kier molecular flexibility index (Phi) is 5.84. The summed E-state index contributed by atoms with van der Waals surface area (Å²) < 4.78 is 10.4. The molecule has 2 aromatic rings. The molecule has 0 saturated carbocycles. The number of halogens is 1. The zero-order valence-corrected chi connectivity index (χ0v) is 16.2. The molecule has 1 atom stereocenters. The summed E-state index contributed by atoms with van der Waals surface area (Å²) >= 11 is 7.28. The third-order valence-electron chi connectivity index (χ3n) is 4.34. The van der Waals surface area contributed by atoms with Gasteiger partial charge in [0.15, 0.2) is 6.61 Å². The highest BCUT2D eigenvalue weighted by Gasteiger charge is 2.28. The van der Waals surface area contributed by atoms with E-state index in [4.69, 9.17) is 21.1 Å². The average molecular weight is 394 g/mol. The predicted octanol–water partition coefficient (Wildman–Crippen LogP) is 4.33. The molecule has 7 heteroatoms.